The van der Waals surface area contributed by atoms with Crippen LogP contribution in [0.25, 0.3) is 0 Å². The van der Waals surface area contributed by atoms with Crippen molar-refractivity contribution in [3.05, 3.63) is 69.3 Å². The van der Waals surface area contributed by atoms with Crippen molar-refractivity contribution >= 4 is 17.3 Å². The summed E-state index contributed by atoms with van der Waals surface area (Å²) in [4.78, 5) is 23.1. The molecule has 2 aliphatic carbocycles. The first-order chi connectivity index (χ1) is 13.1. The van der Waals surface area contributed by atoms with Crippen LogP contribution in [0, 0.1) is 27.9 Å². The number of anilines is 1. The van der Waals surface area contributed by atoms with Gasteiger partial charge in [-0.1, -0.05) is 30.3 Å². The molecule has 5 atom stereocenters. The summed E-state index contributed by atoms with van der Waals surface area (Å²) in [5.74, 6) is 0.627. The summed E-state index contributed by atoms with van der Waals surface area (Å²) in [5, 5.41) is 24.7. The van der Waals surface area contributed by atoms with Gasteiger partial charge in [-0.15, -0.1) is 0 Å². The molecule has 5 rings (SSSR count). The molecule has 6 nitrogen and oxygen atoms in total. The van der Waals surface area contributed by atoms with E-state index >= 15 is 0 Å². The van der Waals surface area contributed by atoms with E-state index in [0.717, 1.165) is 24.8 Å². The van der Waals surface area contributed by atoms with Crippen LogP contribution in [0.2, 0.25) is 0 Å². The summed E-state index contributed by atoms with van der Waals surface area (Å²) in [6.45, 7) is 0. The number of aromatic carboxylic acids is 1. The maximum atomic E-state index is 11.8. The Morgan fingerprint density at radius 3 is 2.59 bits per heavy atom. The van der Waals surface area contributed by atoms with E-state index in [1.165, 1.54) is 6.07 Å². The predicted octanol–water partition coefficient (Wildman–Crippen LogP) is 4.59. The largest absolute Gasteiger partial charge is 0.478 e. The second kappa shape index (κ2) is 5.81. The van der Waals surface area contributed by atoms with Gasteiger partial charge in [0.2, 0.25) is 0 Å². The number of rotatable bonds is 3. The van der Waals surface area contributed by atoms with Crippen LogP contribution in [-0.4, -0.2) is 16.0 Å². The van der Waals surface area contributed by atoms with E-state index in [0.29, 0.717) is 23.1 Å². The van der Waals surface area contributed by atoms with Crippen LogP contribution in [-0.2, 0) is 0 Å². The van der Waals surface area contributed by atoms with Gasteiger partial charge in [0.25, 0.3) is 5.69 Å². The fourth-order valence-corrected chi connectivity index (χ4v) is 5.92. The molecular weight excluding hydrogens is 344 g/mol. The highest BCUT2D eigenvalue weighted by Gasteiger charge is 2.55. The lowest BCUT2D eigenvalue weighted by Crippen LogP contribution is -2.36. The zero-order valence-electron chi connectivity index (χ0n) is 14.7. The lowest BCUT2D eigenvalue weighted by molar-refractivity contribution is -0.385. The Kier molecular flexibility index (Phi) is 3.50. The number of para-hydroxylation sites is 2. The molecule has 3 aliphatic rings. The SMILES string of the molecule is O=C(O)c1cccc2c1N[C@H](c1ccccc1[N+](=O)[O-])[C@H]1[C@H]3CC[C@@H](C3)[C@H]21. The number of fused-ring (bicyclic) bond motifs is 7. The minimum Gasteiger partial charge on any atom is -0.478 e. The first kappa shape index (κ1) is 16.3. The van der Waals surface area contributed by atoms with Crippen molar-refractivity contribution < 1.29 is 14.8 Å². The third kappa shape index (κ3) is 2.29. The molecule has 0 saturated heterocycles. The normalized spacial score (nSPS) is 30.3. The van der Waals surface area contributed by atoms with Gasteiger partial charge in [-0.2, -0.15) is 0 Å². The minimum atomic E-state index is -0.970. The van der Waals surface area contributed by atoms with Crippen LogP contribution >= 0.6 is 0 Å². The van der Waals surface area contributed by atoms with Crippen LogP contribution in [0.1, 0.15) is 52.7 Å². The van der Waals surface area contributed by atoms with Crippen LogP contribution in [0.15, 0.2) is 42.5 Å². The van der Waals surface area contributed by atoms with E-state index < -0.39 is 5.97 Å². The number of nitrogens with one attached hydrogen (secondary N) is 1. The number of nitro groups is 1. The van der Waals surface area contributed by atoms with Crippen molar-refractivity contribution in [2.24, 2.45) is 17.8 Å². The Morgan fingerprint density at radius 2 is 1.81 bits per heavy atom. The minimum absolute atomic E-state index is 0.104. The third-order valence-electron chi connectivity index (χ3n) is 6.82. The maximum absolute atomic E-state index is 11.8. The van der Waals surface area contributed by atoms with Crippen LogP contribution in [0.5, 0.6) is 0 Å². The number of hydrogen-bond acceptors (Lipinski definition) is 4. The second-order valence-electron chi connectivity index (χ2n) is 7.95. The molecule has 0 amide bonds. The Hall–Kier alpha value is -2.89. The average Bonchev–Trinajstić information content (AvgIpc) is 3.29. The van der Waals surface area contributed by atoms with Crippen molar-refractivity contribution in [1.29, 1.82) is 0 Å². The lowest BCUT2D eigenvalue weighted by Gasteiger charge is -2.43. The molecule has 2 aromatic carbocycles. The molecule has 2 aromatic rings. The van der Waals surface area contributed by atoms with Gasteiger partial charge in [-0.25, -0.2) is 4.79 Å². The fourth-order valence-electron chi connectivity index (χ4n) is 5.92. The zero-order chi connectivity index (χ0) is 18.7. The Labute approximate surface area is 156 Å². The zero-order valence-corrected chi connectivity index (χ0v) is 14.7. The molecular formula is C21H20N2O4. The summed E-state index contributed by atoms with van der Waals surface area (Å²) in [6.07, 6.45) is 3.44. The van der Waals surface area contributed by atoms with Crippen LogP contribution in [0.4, 0.5) is 11.4 Å². The molecule has 2 N–H and O–H groups in total. The summed E-state index contributed by atoms with van der Waals surface area (Å²) in [6, 6.07) is 12.1. The first-order valence-electron chi connectivity index (χ1n) is 9.42. The number of nitrogens with zero attached hydrogens (tertiary/aromatic N) is 1. The summed E-state index contributed by atoms with van der Waals surface area (Å²) in [7, 11) is 0. The van der Waals surface area contributed by atoms with Crippen molar-refractivity contribution in [2.45, 2.75) is 31.2 Å². The van der Waals surface area contributed by atoms with Gasteiger partial charge in [0.15, 0.2) is 0 Å². The van der Waals surface area contributed by atoms with E-state index in [4.69, 9.17) is 0 Å². The molecule has 1 aliphatic heterocycles. The Morgan fingerprint density at radius 1 is 1.07 bits per heavy atom. The van der Waals surface area contributed by atoms with E-state index in [1.54, 1.807) is 12.1 Å². The number of hydrogen-bond donors (Lipinski definition) is 2. The Bertz CT molecular complexity index is 957. The van der Waals surface area contributed by atoms with Gasteiger partial charge in [-0.05, 0) is 54.6 Å². The fraction of sp³-hybridized carbons (Fsp3) is 0.381. The summed E-state index contributed by atoms with van der Waals surface area (Å²) >= 11 is 0. The van der Waals surface area contributed by atoms with Crippen LogP contribution < -0.4 is 5.32 Å². The highest BCUT2D eigenvalue weighted by Crippen LogP contribution is 2.64. The molecule has 0 unspecified atom stereocenters. The van der Waals surface area contributed by atoms with Gasteiger partial charge >= 0.3 is 5.97 Å². The van der Waals surface area contributed by atoms with E-state index in [1.807, 2.05) is 24.3 Å². The molecule has 138 valence electrons. The molecule has 0 spiro atoms. The molecule has 6 heteroatoms. The quantitative estimate of drug-likeness (QED) is 0.614. The summed E-state index contributed by atoms with van der Waals surface area (Å²) < 4.78 is 0. The smallest absolute Gasteiger partial charge is 0.337 e. The number of nitro benzene ring substituents is 1. The lowest BCUT2D eigenvalue weighted by atomic mass is 9.67. The number of carbonyl (C=O) groups is 1. The number of carboxylic acid groups (broad SMARTS) is 1. The molecule has 2 fully saturated rings. The van der Waals surface area contributed by atoms with Crippen molar-refractivity contribution in [3.8, 4) is 0 Å². The maximum Gasteiger partial charge on any atom is 0.337 e. The molecule has 2 bridgehead atoms. The van der Waals surface area contributed by atoms with Gasteiger partial charge in [0.1, 0.15) is 0 Å². The van der Waals surface area contributed by atoms with E-state index in [-0.39, 0.29) is 34.1 Å². The third-order valence-corrected chi connectivity index (χ3v) is 6.82. The monoisotopic (exact) mass is 364 g/mol. The van der Waals surface area contributed by atoms with E-state index in [2.05, 4.69) is 5.32 Å². The van der Waals surface area contributed by atoms with Crippen molar-refractivity contribution in [2.75, 3.05) is 5.32 Å². The number of carboxylic acids is 1. The van der Waals surface area contributed by atoms with E-state index in [9.17, 15) is 20.0 Å². The highest BCUT2D eigenvalue weighted by molar-refractivity contribution is 5.95. The van der Waals surface area contributed by atoms with Gasteiger partial charge < -0.3 is 10.4 Å². The predicted molar refractivity (Wildman–Crippen MR) is 99.9 cm³/mol. The molecule has 2 saturated carbocycles. The number of benzene rings is 2. The highest BCUT2D eigenvalue weighted by atomic mass is 16.6. The first-order valence-corrected chi connectivity index (χ1v) is 9.42. The van der Waals surface area contributed by atoms with Gasteiger partial charge in [0.05, 0.1) is 27.8 Å². The van der Waals surface area contributed by atoms with Crippen molar-refractivity contribution in [1.82, 2.24) is 0 Å². The standard InChI is InChI=1S/C21H20N2O4/c24-21(25)15-6-3-5-14-17-11-8-9-12(10-11)18(17)20(22-19(14)15)13-4-1-2-7-16(13)23(26)27/h1-7,11-12,17-18,20,22H,8-10H2,(H,24,25)/t11-,12-,17+,18-,20+/m0/s1. The molecule has 0 radical (unpaired) electrons. The molecule has 0 aromatic heterocycles. The Balaban J connectivity index is 1.71. The van der Waals surface area contributed by atoms with Gasteiger partial charge in [0, 0.05) is 6.07 Å². The second-order valence-corrected chi connectivity index (χ2v) is 7.95. The molecule has 1 heterocycles. The summed E-state index contributed by atoms with van der Waals surface area (Å²) in [5.41, 5.74) is 2.73. The molecule has 27 heavy (non-hydrogen) atoms. The van der Waals surface area contributed by atoms with Gasteiger partial charge in [-0.3, -0.25) is 10.1 Å². The van der Waals surface area contributed by atoms with Crippen LogP contribution in [0.3, 0.4) is 0 Å². The van der Waals surface area contributed by atoms with Crippen molar-refractivity contribution in [3.63, 3.8) is 0 Å². The average molecular weight is 364 g/mol. The topological polar surface area (TPSA) is 92.5 Å².